The fourth-order valence-corrected chi connectivity index (χ4v) is 4.20. The molecule has 1 amide bonds. The highest BCUT2D eigenvalue weighted by Crippen LogP contribution is 2.33. The normalized spacial score (nSPS) is 15.9. The van der Waals surface area contributed by atoms with Gasteiger partial charge >= 0.3 is 0 Å². The molecule has 1 saturated heterocycles. The molecule has 0 atom stereocenters. The maximum absolute atomic E-state index is 12.6. The molecule has 0 saturated carbocycles. The smallest absolute Gasteiger partial charge is 0.266 e. The van der Waals surface area contributed by atoms with Crippen LogP contribution in [0.1, 0.15) is 11.1 Å². The van der Waals surface area contributed by atoms with Gasteiger partial charge in [0.25, 0.3) is 5.91 Å². The molecule has 0 aromatic heterocycles. The zero-order valence-electron chi connectivity index (χ0n) is 13.6. The lowest BCUT2D eigenvalue weighted by Crippen LogP contribution is -2.30. The number of ether oxygens (including phenoxy) is 1. The van der Waals surface area contributed by atoms with Gasteiger partial charge < -0.3 is 4.74 Å². The van der Waals surface area contributed by atoms with E-state index in [1.165, 1.54) is 11.8 Å². The minimum absolute atomic E-state index is 0.0245. The average molecular weight is 434 g/mol. The van der Waals surface area contributed by atoms with Crippen LogP contribution in [0.3, 0.4) is 0 Å². The first-order valence-electron chi connectivity index (χ1n) is 7.70. The van der Waals surface area contributed by atoms with Crippen LogP contribution in [0.15, 0.2) is 57.9 Å². The Kier molecular flexibility index (Phi) is 5.93. The molecule has 0 unspecified atom stereocenters. The molecule has 1 aliphatic rings. The van der Waals surface area contributed by atoms with Crippen LogP contribution in [0.25, 0.3) is 6.08 Å². The summed E-state index contributed by atoms with van der Waals surface area (Å²) in [4.78, 5) is 15.0. The molecule has 2 aromatic rings. The average Bonchev–Trinajstić information content (AvgIpc) is 2.87. The molecule has 3 nitrogen and oxygen atoms in total. The Hall–Kier alpha value is -1.63. The predicted octanol–water partition coefficient (Wildman–Crippen LogP) is 4.90. The lowest BCUT2D eigenvalue weighted by molar-refractivity contribution is -0.122. The third kappa shape index (κ3) is 4.51. The van der Waals surface area contributed by atoms with Gasteiger partial charge in [0.2, 0.25) is 0 Å². The summed E-state index contributed by atoms with van der Waals surface area (Å²) in [5, 5.41) is 0. The van der Waals surface area contributed by atoms with E-state index < -0.39 is 0 Å². The molecule has 6 heteroatoms. The minimum Gasteiger partial charge on any atom is -0.497 e. The van der Waals surface area contributed by atoms with Crippen LogP contribution < -0.4 is 4.74 Å². The number of methoxy groups -OCH3 is 1. The SMILES string of the molecule is COc1ccc(CCN2C(=O)/C(=C/c3cccc(Br)c3)SC2=S)cc1. The van der Waals surface area contributed by atoms with Crippen molar-refractivity contribution in [2.24, 2.45) is 0 Å². The zero-order chi connectivity index (χ0) is 17.8. The first-order valence-corrected chi connectivity index (χ1v) is 9.72. The molecule has 0 aliphatic carbocycles. The van der Waals surface area contributed by atoms with Crippen molar-refractivity contribution in [3.05, 3.63) is 69.0 Å². The van der Waals surface area contributed by atoms with E-state index in [2.05, 4.69) is 15.9 Å². The van der Waals surface area contributed by atoms with Crippen molar-refractivity contribution < 1.29 is 9.53 Å². The molecule has 1 aliphatic heterocycles. The van der Waals surface area contributed by atoms with E-state index in [4.69, 9.17) is 17.0 Å². The molecule has 25 heavy (non-hydrogen) atoms. The van der Waals surface area contributed by atoms with Crippen LogP contribution in [-0.4, -0.2) is 28.8 Å². The molecule has 1 fully saturated rings. The summed E-state index contributed by atoms with van der Waals surface area (Å²) < 4.78 is 6.75. The van der Waals surface area contributed by atoms with E-state index in [1.807, 2.05) is 54.6 Å². The minimum atomic E-state index is -0.0245. The standard InChI is InChI=1S/C19H16BrNO2S2/c1-23-16-7-5-13(6-8-16)9-10-21-18(22)17(25-19(21)24)12-14-3-2-4-15(20)11-14/h2-8,11-12H,9-10H2,1H3/b17-12-. The van der Waals surface area contributed by atoms with Crippen molar-refractivity contribution in [3.63, 3.8) is 0 Å². The molecule has 0 radical (unpaired) electrons. The topological polar surface area (TPSA) is 29.5 Å². The highest BCUT2D eigenvalue weighted by atomic mass is 79.9. The number of nitrogens with zero attached hydrogens (tertiary/aromatic N) is 1. The molecule has 128 valence electrons. The molecule has 3 rings (SSSR count). The third-order valence-corrected chi connectivity index (χ3v) is 5.67. The van der Waals surface area contributed by atoms with Crippen molar-refractivity contribution in [3.8, 4) is 5.75 Å². The molecular formula is C19H16BrNO2S2. The number of carbonyl (C=O) groups excluding carboxylic acids is 1. The van der Waals surface area contributed by atoms with Crippen LogP contribution in [0, 0.1) is 0 Å². The predicted molar refractivity (Wildman–Crippen MR) is 111 cm³/mol. The van der Waals surface area contributed by atoms with Crippen molar-refractivity contribution in [2.45, 2.75) is 6.42 Å². The summed E-state index contributed by atoms with van der Waals surface area (Å²) in [6.45, 7) is 0.576. The van der Waals surface area contributed by atoms with Crippen LogP contribution >= 0.6 is 39.9 Å². The summed E-state index contributed by atoms with van der Waals surface area (Å²) in [5.74, 6) is 0.801. The number of amides is 1. The summed E-state index contributed by atoms with van der Waals surface area (Å²) in [6, 6.07) is 15.7. The van der Waals surface area contributed by atoms with Gasteiger partial charge in [-0.2, -0.15) is 0 Å². The van der Waals surface area contributed by atoms with Crippen LogP contribution in [0.2, 0.25) is 0 Å². The number of benzene rings is 2. The van der Waals surface area contributed by atoms with Gasteiger partial charge in [0.1, 0.15) is 10.1 Å². The van der Waals surface area contributed by atoms with Crippen molar-refractivity contribution in [1.29, 1.82) is 0 Å². The maximum atomic E-state index is 12.6. The van der Waals surface area contributed by atoms with E-state index in [0.717, 1.165) is 27.8 Å². The van der Waals surface area contributed by atoms with Crippen LogP contribution in [0.4, 0.5) is 0 Å². The van der Waals surface area contributed by atoms with Gasteiger partial charge in [0.15, 0.2) is 0 Å². The number of thiocarbonyl (C=S) groups is 1. The molecule has 0 bridgehead atoms. The van der Waals surface area contributed by atoms with Crippen molar-refractivity contribution in [1.82, 2.24) is 4.90 Å². The Morgan fingerprint density at radius 2 is 2.00 bits per heavy atom. The second-order valence-corrected chi connectivity index (χ2v) is 8.08. The third-order valence-electron chi connectivity index (χ3n) is 3.80. The number of hydrogen-bond donors (Lipinski definition) is 0. The number of thioether (sulfide) groups is 1. The van der Waals surface area contributed by atoms with Crippen molar-refractivity contribution >= 4 is 56.2 Å². The summed E-state index contributed by atoms with van der Waals surface area (Å²) in [7, 11) is 1.65. The molecular weight excluding hydrogens is 418 g/mol. The zero-order valence-corrected chi connectivity index (χ0v) is 16.8. The maximum Gasteiger partial charge on any atom is 0.266 e. The number of halogens is 1. The lowest BCUT2D eigenvalue weighted by Gasteiger charge is -2.14. The van der Waals surface area contributed by atoms with Crippen LogP contribution in [0.5, 0.6) is 5.75 Å². The molecule has 0 spiro atoms. The van der Waals surface area contributed by atoms with Gasteiger partial charge in [-0.1, -0.05) is 64.2 Å². The Morgan fingerprint density at radius 1 is 1.24 bits per heavy atom. The van der Waals surface area contributed by atoms with E-state index in [0.29, 0.717) is 15.8 Å². The summed E-state index contributed by atoms with van der Waals surface area (Å²) >= 11 is 10.2. The van der Waals surface area contributed by atoms with Gasteiger partial charge in [-0.3, -0.25) is 9.69 Å². The number of rotatable bonds is 5. The lowest BCUT2D eigenvalue weighted by atomic mass is 10.1. The molecule has 0 N–H and O–H groups in total. The summed E-state index contributed by atoms with van der Waals surface area (Å²) in [6.07, 6.45) is 2.64. The Balaban J connectivity index is 1.68. The van der Waals surface area contributed by atoms with E-state index in [-0.39, 0.29) is 5.91 Å². The van der Waals surface area contributed by atoms with Crippen LogP contribution in [-0.2, 0) is 11.2 Å². The van der Waals surface area contributed by atoms with Gasteiger partial charge in [-0.15, -0.1) is 0 Å². The first kappa shape index (κ1) is 18.2. The highest BCUT2D eigenvalue weighted by molar-refractivity contribution is 9.10. The molecule has 2 aromatic carbocycles. The van der Waals surface area contributed by atoms with E-state index in [1.54, 1.807) is 12.0 Å². The second kappa shape index (κ2) is 8.17. The van der Waals surface area contributed by atoms with E-state index >= 15 is 0 Å². The Labute approximate surface area is 165 Å². The first-order chi connectivity index (χ1) is 12.1. The monoisotopic (exact) mass is 433 g/mol. The largest absolute Gasteiger partial charge is 0.497 e. The fourth-order valence-electron chi connectivity index (χ4n) is 2.47. The van der Waals surface area contributed by atoms with Gasteiger partial charge in [-0.05, 0) is 47.9 Å². The number of hydrogen-bond acceptors (Lipinski definition) is 4. The highest BCUT2D eigenvalue weighted by Gasteiger charge is 2.31. The fraction of sp³-hybridized carbons (Fsp3) is 0.158. The summed E-state index contributed by atoms with van der Waals surface area (Å²) in [5.41, 5.74) is 2.12. The van der Waals surface area contributed by atoms with Gasteiger partial charge in [-0.25, -0.2) is 0 Å². The Morgan fingerprint density at radius 3 is 2.68 bits per heavy atom. The quantitative estimate of drug-likeness (QED) is 0.495. The molecule has 1 heterocycles. The van der Waals surface area contributed by atoms with Gasteiger partial charge in [0, 0.05) is 11.0 Å². The van der Waals surface area contributed by atoms with E-state index in [9.17, 15) is 4.79 Å². The van der Waals surface area contributed by atoms with Crippen molar-refractivity contribution in [2.75, 3.05) is 13.7 Å². The second-order valence-electron chi connectivity index (χ2n) is 5.49. The van der Waals surface area contributed by atoms with Gasteiger partial charge in [0.05, 0.1) is 12.0 Å². The number of carbonyl (C=O) groups is 1. The Bertz CT molecular complexity index is 834.